The molecule has 0 unspecified atom stereocenters. The van der Waals surface area contributed by atoms with E-state index in [9.17, 15) is 8.78 Å². The van der Waals surface area contributed by atoms with Crippen LogP contribution in [-0.2, 0) is 0 Å². The molecule has 0 radical (unpaired) electrons. The molecule has 3 aromatic rings. The Labute approximate surface area is 120 Å². The Hall–Kier alpha value is -2.82. The smallest absolute Gasteiger partial charge is 0.138 e. The highest BCUT2D eigenvalue weighted by Gasteiger charge is 2.10. The van der Waals surface area contributed by atoms with Gasteiger partial charge in [-0.2, -0.15) is 5.10 Å². The molecule has 1 aromatic heterocycles. The van der Waals surface area contributed by atoms with E-state index in [-0.39, 0.29) is 11.6 Å². The lowest BCUT2D eigenvalue weighted by Gasteiger charge is -2.09. The van der Waals surface area contributed by atoms with Crippen LogP contribution in [-0.4, -0.2) is 14.8 Å². The van der Waals surface area contributed by atoms with Crippen LogP contribution in [0, 0.1) is 11.6 Å². The lowest BCUT2D eigenvalue weighted by atomic mass is 9.98. The van der Waals surface area contributed by atoms with Gasteiger partial charge in [-0.05, 0) is 23.8 Å². The van der Waals surface area contributed by atoms with Crippen molar-refractivity contribution >= 4 is 11.8 Å². The Morgan fingerprint density at radius 3 is 2.43 bits per heavy atom. The normalized spacial score (nSPS) is 11.6. The third-order valence-corrected chi connectivity index (χ3v) is 3.02. The molecule has 0 amide bonds. The summed E-state index contributed by atoms with van der Waals surface area (Å²) >= 11 is 0. The van der Waals surface area contributed by atoms with Crippen molar-refractivity contribution in [1.82, 2.24) is 14.8 Å². The van der Waals surface area contributed by atoms with Crippen LogP contribution in [0.2, 0.25) is 0 Å². The molecule has 0 aliphatic rings. The molecule has 0 aliphatic carbocycles. The second-order valence-corrected chi connectivity index (χ2v) is 4.41. The quantitative estimate of drug-likeness (QED) is 0.735. The van der Waals surface area contributed by atoms with Crippen LogP contribution in [0.3, 0.4) is 0 Å². The molecule has 0 atom stereocenters. The molecule has 0 bridgehead atoms. The van der Waals surface area contributed by atoms with Crippen molar-refractivity contribution in [2.45, 2.75) is 0 Å². The topological polar surface area (TPSA) is 30.7 Å². The van der Waals surface area contributed by atoms with Gasteiger partial charge in [0, 0.05) is 17.3 Å². The minimum absolute atomic E-state index is 0.340. The van der Waals surface area contributed by atoms with Crippen molar-refractivity contribution in [2.75, 3.05) is 0 Å². The Balaban J connectivity index is 2.16. The minimum Gasteiger partial charge on any atom is -0.228 e. The van der Waals surface area contributed by atoms with E-state index in [2.05, 4.69) is 10.1 Å². The number of hydrogen-bond acceptors (Lipinski definition) is 2. The second-order valence-electron chi connectivity index (χ2n) is 4.41. The molecular formula is C16H11F2N3. The highest BCUT2D eigenvalue weighted by Crippen LogP contribution is 2.26. The maximum atomic E-state index is 14.1. The summed E-state index contributed by atoms with van der Waals surface area (Å²) in [6.07, 6.45) is 4.54. The fourth-order valence-electron chi connectivity index (χ4n) is 2.02. The van der Waals surface area contributed by atoms with Crippen LogP contribution in [0.15, 0.2) is 61.2 Å². The zero-order valence-electron chi connectivity index (χ0n) is 10.9. The van der Waals surface area contributed by atoms with Crippen LogP contribution in [0.1, 0.15) is 11.1 Å². The van der Waals surface area contributed by atoms with Gasteiger partial charge in [0.2, 0.25) is 0 Å². The van der Waals surface area contributed by atoms with Gasteiger partial charge >= 0.3 is 0 Å². The lowest BCUT2D eigenvalue weighted by Crippen LogP contribution is -1.96. The summed E-state index contributed by atoms with van der Waals surface area (Å²) in [5, 5.41) is 3.99. The fourth-order valence-corrected chi connectivity index (χ4v) is 2.02. The Bertz CT molecular complexity index is 762. The molecule has 3 rings (SSSR count). The van der Waals surface area contributed by atoms with Crippen molar-refractivity contribution in [3.63, 3.8) is 0 Å². The molecule has 0 saturated carbocycles. The zero-order chi connectivity index (χ0) is 14.7. The number of halogens is 2. The molecule has 1 heterocycles. The highest BCUT2D eigenvalue weighted by atomic mass is 19.1. The van der Waals surface area contributed by atoms with Crippen molar-refractivity contribution in [3.8, 4) is 0 Å². The van der Waals surface area contributed by atoms with Crippen LogP contribution in [0.4, 0.5) is 8.78 Å². The molecule has 3 nitrogen and oxygen atoms in total. The summed E-state index contributed by atoms with van der Waals surface area (Å²) < 4.78 is 28.6. The third-order valence-electron chi connectivity index (χ3n) is 3.02. The van der Waals surface area contributed by atoms with Crippen molar-refractivity contribution in [2.24, 2.45) is 0 Å². The highest BCUT2D eigenvalue weighted by molar-refractivity contribution is 5.87. The molecule has 2 aromatic carbocycles. The maximum absolute atomic E-state index is 14.1. The molecule has 0 aliphatic heterocycles. The summed E-state index contributed by atoms with van der Waals surface area (Å²) in [6, 6.07) is 12.3. The van der Waals surface area contributed by atoms with E-state index in [0.717, 1.165) is 0 Å². The van der Waals surface area contributed by atoms with Gasteiger partial charge in [0.25, 0.3) is 0 Å². The van der Waals surface area contributed by atoms with Crippen LogP contribution in [0.5, 0.6) is 0 Å². The third kappa shape index (κ3) is 2.86. The molecule has 0 spiro atoms. The first kappa shape index (κ1) is 13.2. The Morgan fingerprint density at radius 1 is 1.00 bits per heavy atom. The predicted octanol–water partition coefficient (Wildman–Crippen LogP) is 3.60. The molecular weight excluding hydrogens is 272 g/mol. The van der Waals surface area contributed by atoms with E-state index in [0.29, 0.717) is 16.7 Å². The van der Waals surface area contributed by atoms with E-state index in [1.54, 1.807) is 36.5 Å². The number of nitrogens with zero attached hydrogens (tertiary/aromatic N) is 3. The zero-order valence-corrected chi connectivity index (χ0v) is 10.9. The first-order valence-corrected chi connectivity index (χ1v) is 6.31. The molecule has 104 valence electrons. The first-order valence-electron chi connectivity index (χ1n) is 6.31. The van der Waals surface area contributed by atoms with Gasteiger partial charge < -0.3 is 0 Å². The van der Waals surface area contributed by atoms with Gasteiger partial charge in [0.15, 0.2) is 0 Å². The molecule has 5 heteroatoms. The van der Waals surface area contributed by atoms with Crippen LogP contribution in [0.25, 0.3) is 11.8 Å². The molecule has 0 N–H and O–H groups in total. The van der Waals surface area contributed by atoms with Crippen molar-refractivity contribution < 1.29 is 8.78 Å². The SMILES string of the molecule is Fc1ccc(C(=Cn2cncn2)c2ccccc2F)cc1. The molecule has 0 fully saturated rings. The van der Waals surface area contributed by atoms with E-state index in [4.69, 9.17) is 0 Å². The number of rotatable bonds is 3. The number of hydrogen-bond donors (Lipinski definition) is 0. The predicted molar refractivity (Wildman–Crippen MR) is 76.1 cm³/mol. The summed E-state index contributed by atoms with van der Waals surface area (Å²) in [6.45, 7) is 0. The monoisotopic (exact) mass is 283 g/mol. The summed E-state index contributed by atoms with van der Waals surface area (Å²) in [4.78, 5) is 3.85. The van der Waals surface area contributed by atoms with Gasteiger partial charge in [-0.1, -0.05) is 30.3 Å². The minimum atomic E-state index is -0.354. The van der Waals surface area contributed by atoms with Gasteiger partial charge in [-0.3, -0.25) is 0 Å². The Kier molecular flexibility index (Phi) is 3.55. The largest absolute Gasteiger partial charge is 0.228 e. The Morgan fingerprint density at radius 2 is 1.76 bits per heavy atom. The molecule has 0 saturated heterocycles. The van der Waals surface area contributed by atoms with Crippen molar-refractivity contribution in [3.05, 3.63) is 83.9 Å². The average molecular weight is 283 g/mol. The van der Waals surface area contributed by atoms with E-state index in [1.165, 1.54) is 35.5 Å². The standard InChI is InChI=1S/C16H11F2N3/c17-13-7-5-12(6-8-13)15(9-21-11-19-10-20-21)14-3-1-2-4-16(14)18/h1-11H. The fraction of sp³-hybridized carbons (Fsp3) is 0. The van der Waals surface area contributed by atoms with Crippen molar-refractivity contribution in [1.29, 1.82) is 0 Å². The first-order chi connectivity index (χ1) is 10.2. The van der Waals surface area contributed by atoms with Gasteiger partial charge in [0.1, 0.15) is 24.3 Å². The van der Waals surface area contributed by atoms with Gasteiger partial charge in [0.05, 0.1) is 0 Å². The lowest BCUT2D eigenvalue weighted by molar-refractivity contribution is 0.624. The average Bonchev–Trinajstić information content (AvgIpc) is 3.00. The number of aromatic nitrogens is 3. The van der Waals surface area contributed by atoms with E-state index in [1.807, 2.05) is 0 Å². The van der Waals surface area contributed by atoms with E-state index < -0.39 is 0 Å². The van der Waals surface area contributed by atoms with Crippen LogP contribution < -0.4 is 0 Å². The van der Waals surface area contributed by atoms with E-state index >= 15 is 0 Å². The van der Waals surface area contributed by atoms with Gasteiger partial charge in [-0.15, -0.1) is 0 Å². The number of benzene rings is 2. The van der Waals surface area contributed by atoms with Crippen LogP contribution >= 0.6 is 0 Å². The second kappa shape index (κ2) is 5.66. The molecule has 21 heavy (non-hydrogen) atoms. The van der Waals surface area contributed by atoms with Gasteiger partial charge in [-0.25, -0.2) is 18.4 Å². The summed E-state index contributed by atoms with van der Waals surface area (Å²) in [5.74, 6) is -0.694. The summed E-state index contributed by atoms with van der Waals surface area (Å²) in [7, 11) is 0. The maximum Gasteiger partial charge on any atom is 0.138 e. The summed E-state index contributed by atoms with van der Waals surface area (Å²) in [5.41, 5.74) is 1.70.